The average molecular weight is 266 g/mol. The van der Waals surface area contributed by atoms with Gasteiger partial charge in [0.2, 0.25) is 0 Å². The van der Waals surface area contributed by atoms with E-state index < -0.39 is 0 Å². The second-order valence-corrected chi connectivity index (χ2v) is 4.92. The molecule has 0 amide bonds. The minimum absolute atomic E-state index is 0.210. The molecule has 0 saturated carbocycles. The topological polar surface area (TPSA) is 47.7 Å². The van der Waals surface area contributed by atoms with Crippen molar-refractivity contribution in [1.29, 1.82) is 0 Å². The van der Waals surface area contributed by atoms with E-state index in [-0.39, 0.29) is 12.1 Å². The van der Waals surface area contributed by atoms with E-state index in [2.05, 4.69) is 24.1 Å². The number of benzene rings is 1. The van der Waals surface area contributed by atoms with Crippen molar-refractivity contribution in [3.63, 3.8) is 0 Å². The highest BCUT2D eigenvalue weighted by Gasteiger charge is 2.15. The molecule has 108 valence electrons. The number of hydrogen-bond acceptors (Lipinski definition) is 4. The SMILES string of the molecule is COc1ccc(C(CN)N(C)CCOC(C)C)cc1. The van der Waals surface area contributed by atoms with E-state index in [0.29, 0.717) is 6.54 Å². The zero-order chi connectivity index (χ0) is 14.3. The number of nitrogens with two attached hydrogens (primary N) is 1. The predicted octanol–water partition coefficient (Wildman–Crippen LogP) is 2.05. The fourth-order valence-electron chi connectivity index (χ4n) is 1.98. The van der Waals surface area contributed by atoms with Crippen molar-refractivity contribution in [2.24, 2.45) is 5.73 Å². The van der Waals surface area contributed by atoms with Gasteiger partial charge in [-0.25, -0.2) is 0 Å². The third-order valence-electron chi connectivity index (χ3n) is 3.15. The van der Waals surface area contributed by atoms with Gasteiger partial charge >= 0.3 is 0 Å². The van der Waals surface area contributed by atoms with Gasteiger partial charge in [-0.3, -0.25) is 4.90 Å². The zero-order valence-electron chi connectivity index (χ0n) is 12.4. The maximum atomic E-state index is 5.89. The molecule has 19 heavy (non-hydrogen) atoms. The Kier molecular flexibility index (Phi) is 6.84. The number of ether oxygens (including phenoxy) is 2. The third-order valence-corrected chi connectivity index (χ3v) is 3.15. The van der Waals surface area contributed by atoms with Gasteiger partial charge < -0.3 is 15.2 Å². The summed E-state index contributed by atoms with van der Waals surface area (Å²) < 4.78 is 10.7. The van der Waals surface area contributed by atoms with E-state index in [1.807, 2.05) is 26.0 Å². The van der Waals surface area contributed by atoms with Crippen LogP contribution in [0.25, 0.3) is 0 Å². The van der Waals surface area contributed by atoms with Crippen LogP contribution in [-0.4, -0.2) is 44.9 Å². The summed E-state index contributed by atoms with van der Waals surface area (Å²) in [5.41, 5.74) is 7.10. The monoisotopic (exact) mass is 266 g/mol. The Morgan fingerprint density at radius 3 is 2.32 bits per heavy atom. The maximum absolute atomic E-state index is 5.89. The molecule has 2 N–H and O–H groups in total. The highest BCUT2D eigenvalue weighted by Crippen LogP contribution is 2.21. The highest BCUT2D eigenvalue weighted by atomic mass is 16.5. The van der Waals surface area contributed by atoms with Crippen molar-refractivity contribution < 1.29 is 9.47 Å². The molecule has 0 aliphatic heterocycles. The lowest BCUT2D eigenvalue weighted by Crippen LogP contribution is -2.33. The molecule has 1 aromatic carbocycles. The van der Waals surface area contributed by atoms with Gasteiger partial charge in [0.15, 0.2) is 0 Å². The first kappa shape index (κ1) is 16.0. The summed E-state index contributed by atoms with van der Waals surface area (Å²) in [7, 11) is 3.75. The van der Waals surface area contributed by atoms with E-state index in [4.69, 9.17) is 15.2 Å². The van der Waals surface area contributed by atoms with Gasteiger partial charge in [-0.15, -0.1) is 0 Å². The molecule has 0 radical (unpaired) electrons. The van der Waals surface area contributed by atoms with Crippen LogP contribution in [0.1, 0.15) is 25.5 Å². The number of rotatable bonds is 8. The molecule has 0 aliphatic carbocycles. The summed E-state index contributed by atoms with van der Waals surface area (Å²) in [5, 5.41) is 0. The van der Waals surface area contributed by atoms with Crippen LogP contribution in [0.5, 0.6) is 5.75 Å². The maximum Gasteiger partial charge on any atom is 0.118 e. The Morgan fingerprint density at radius 2 is 1.84 bits per heavy atom. The fraction of sp³-hybridized carbons (Fsp3) is 0.600. The lowest BCUT2D eigenvalue weighted by Gasteiger charge is -2.27. The van der Waals surface area contributed by atoms with Gasteiger partial charge in [0.05, 0.1) is 19.8 Å². The number of hydrogen-bond donors (Lipinski definition) is 1. The molecule has 0 heterocycles. The van der Waals surface area contributed by atoms with Gasteiger partial charge in [-0.2, -0.15) is 0 Å². The van der Waals surface area contributed by atoms with Crippen molar-refractivity contribution in [3.05, 3.63) is 29.8 Å². The Balaban J connectivity index is 2.59. The molecule has 1 aromatic rings. The quantitative estimate of drug-likeness (QED) is 0.782. The average Bonchev–Trinajstić information content (AvgIpc) is 2.40. The smallest absolute Gasteiger partial charge is 0.118 e. The van der Waals surface area contributed by atoms with E-state index in [1.165, 1.54) is 5.56 Å². The first-order chi connectivity index (χ1) is 9.08. The molecule has 0 spiro atoms. The van der Waals surface area contributed by atoms with Gasteiger partial charge in [-0.05, 0) is 38.6 Å². The summed E-state index contributed by atoms with van der Waals surface area (Å²) in [6.45, 7) is 6.27. The Labute approximate surface area is 116 Å². The van der Waals surface area contributed by atoms with Crippen LogP contribution in [0, 0.1) is 0 Å². The number of likely N-dealkylation sites (N-methyl/N-ethyl adjacent to an activating group) is 1. The molecule has 4 heteroatoms. The molecule has 1 unspecified atom stereocenters. The van der Waals surface area contributed by atoms with Gasteiger partial charge in [0.25, 0.3) is 0 Å². The molecule has 0 bridgehead atoms. The molecule has 4 nitrogen and oxygen atoms in total. The van der Waals surface area contributed by atoms with Crippen LogP contribution < -0.4 is 10.5 Å². The van der Waals surface area contributed by atoms with Crippen molar-refractivity contribution in [2.75, 3.05) is 33.9 Å². The van der Waals surface area contributed by atoms with E-state index in [0.717, 1.165) is 18.9 Å². The Hall–Kier alpha value is -1.10. The largest absolute Gasteiger partial charge is 0.497 e. The number of nitrogens with zero attached hydrogens (tertiary/aromatic N) is 1. The molecular weight excluding hydrogens is 240 g/mol. The third kappa shape index (κ3) is 5.19. The first-order valence-electron chi connectivity index (χ1n) is 6.74. The molecule has 0 fully saturated rings. The summed E-state index contributed by atoms with van der Waals surface area (Å²) >= 11 is 0. The lowest BCUT2D eigenvalue weighted by atomic mass is 10.1. The normalized spacial score (nSPS) is 13.0. The molecule has 0 saturated heterocycles. The lowest BCUT2D eigenvalue weighted by molar-refractivity contribution is 0.0564. The predicted molar refractivity (Wildman–Crippen MR) is 78.5 cm³/mol. The van der Waals surface area contributed by atoms with E-state index >= 15 is 0 Å². The first-order valence-corrected chi connectivity index (χ1v) is 6.74. The Bertz CT molecular complexity index is 352. The summed E-state index contributed by atoms with van der Waals surface area (Å²) in [6.07, 6.45) is 0.269. The van der Waals surface area contributed by atoms with Crippen molar-refractivity contribution in [2.45, 2.75) is 26.0 Å². The van der Waals surface area contributed by atoms with Crippen molar-refractivity contribution in [1.82, 2.24) is 4.90 Å². The van der Waals surface area contributed by atoms with Gasteiger partial charge in [0, 0.05) is 19.1 Å². The summed E-state index contributed by atoms with van der Waals surface area (Å²) in [5.74, 6) is 0.866. The zero-order valence-corrected chi connectivity index (χ0v) is 12.4. The minimum Gasteiger partial charge on any atom is -0.497 e. The standard InChI is InChI=1S/C15H26N2O2/c1-12(2)19-10-9-17(3)15(11-16)13-5-7-14(18-4)8-6-13/h5-8,12,15H,9-11,16H2,1-4H3. The second-order valence-electron chi connectivity index (χ2n) is 4.92. The highest BCUT2D eigenvalue weighted by molar-refractivity contribution is 5.29. The minimum atomic E-state index is 0.210. The molecule has 1 rings (SSSR count). The van der Waals surface area contributed by atoms with E-state index in [9.17, 15) is 0 Å². The molecule has 0 aromatic heterocycles. The molecule has 1 atom stereocenters. The van der Waals surface area contributed by atoms with Crippen molar-refractivity contribution in [3.8, 4) is 5.75 Å². The van der Waals surface area contributed by atoms with Gasteiger partial charge in [-0.1, -0.05) is 12.1 Å². The van der Waals surface area contributed by atoms with Gasteiger partial charge in [0.1, 0.15) is 5.75 Å². The van der Waals surface area contributed by atoms with Crippen molar-refractivity contribution >= 4 is 0 Å². The summed E-state index contributed by atoms with van der Waals surface area (Å²) in [4.78, 5) is 2.23. The van der Waals surface area contributed by atoms with Crippen LogP contribution in [0.3, 0.4) is 0 Å². The Morgan fingerprint density at radius 1 is 1.21 bits per heavy atom. The van der Waals surface area contributed by atoms with Crippen LogP contribution in [0.2, 0.25) is 0 Å². The van der Waals surface area contributed by atoms with E-state index in [1.54, 1.807) is 7.11 Å². The van der Waals surface area contributed by atoms with Crippen LogP contribution >= 0.6 is 0 Å². The fourth-order valence-corrected chi connectivity index (χ4v) is 1.98. The van der Waals surface area contributed by atoms with Crippen LogP contribution in [0.4, 0.5) is 0 Å². The van der Waals surface area contributed by atoms with Crippen LogP contribution in [0.15, 0.2) is 24.3 Å². The molecule has 0 aliphatic rings. The second kappa shape index (κ2) is 8.15. The molecular formula is C15H26N2O2. The van der Waals surface area contributed by atoms with Crippen LogP contribution in [-0.2, 0) is 4.74 Å². The summed E-state index contributed by atoms with van der Waals surface area (Å²) in [6, 6.07) is 8.28. The number of methoxy groups -OCH3 is 1.